The molecular formula is C33H38N4O4S. The Morgan fingerprint density at radius 3 is 2.67 bits per heavy atom. The predicted molar refractivity (Wildman–Crippen MR) is 165 cm³/mol. The number of ether oxygens (including phenoxy) is 1. The predicted octanol–water partition coefficient (Wildman–Crippen LogP) is 4.79. The van der Waals surface area contributed by atoms with E-state index in [4.69, 9.17) is 4.74 Å². The van der Waals surface area contributed by atoms with Gasteiger partial charge in [-0.2, -0.15) is 0 Å². The van der Waals surface area contributed by atoms with Gasteiger partial charge < -0.3 is 15.0 Å². The summed E-state index contributed by atoms with van der Waals surface area (Å²) in [6.45, 7) is 5.03. The molecular weight excluding hydrogens is 548 g/mol. The van der Waals surface area contributed by atoms with Crippen molar-refractivity contribution in [3.63, 3.8) is 0 Å². The van der Waals surface area contributed by atoms with Crippen LogP contribution in [0.3, 0.4) is 0 Å². The molecule has 1 aromatic heterocycles. The molecule has 1 fully saturated rings. The van der Waals surface area contributed by atoms with Crippen molar-refractivity contribution in [2.75, 3.05) is 49.0 Å². The second-order valence-corrected chi connectivity index (χ2v) is 13.6. The van der Waals surface area contributed by atoms with Gasteiger partial charge in [0.2, 0.25) is 0 Å². The van der Waals surface area contributed by atoms with Crippen molar-refractivity contribution in [3.05, 3.63) is 76.1 Å². The molecule has 0 radical (unpaired) electrons. The summed E-state index contributed by atoms with van der Waals surface area (Å²) in [6, 6.07) is 12.7. The van der Waals surface area contributed by atoms with Gasteiger partial charge in [0.15, 0.2) is 0 Å². The highest BCUT2D eigenvalue weighted by Crippen LogP contribution is 2.39. The number of fused-ring (bicyclic) bond motifs is 3. The summed E-state index contributed by atoms with van der Waals surface area (Å²) in [6.07, 6.45) is 10.0. The highest BCUT2D eigenvalue weighted by atomic mass is 32.2. The Morgan fingerprint density at radius 1 is 0.952 bits per heavy atom. The zero-order valence-corrected chi connectivity index (χ0v) is 24.8. The molecule has 9 heteroatoms. The molecule has 0 unspecified atom stereocenters. The Kier molecular flexibility index (Phi) is 7.42. The van der Waals surface area contributed by atoms with E-state index in [1.54, 1.807) is 18.2 Å². The van der Waals surface area contributed by atoms with Gasteiger partial charge >= 0.3 is 0 Å². The number of morpholine rings is 1. The van der Waals surface area contributed by atoms with Gasteiger partial charge in [0.05, 0.1) is 29.4 Å². The minimum Gasteiger partial charge on any atom is -0.379 e. The zero-order chi connectivity index (χ0) is 28.7. The first-order valence-corrected chi connectivity index (χ1v) is 16.7. The number of nitrogens with one attached hydrogen (secondary N) is 2. The van der Waals surface area contributed by atoms with Crippen LogP contribution in [0.1, 0.15) is 59.3 Å². The number of aryl methyl sites for hydroxylation is 2. The highest BCUT2D eigenvalue weighted by Gasteiger charge is 2.32. The first kappa shape index (κ1) is 27.4. The quantitative estimate of drug-likeness (QED) is 0.388. The van der Waals surface area contributed by atoms with Gasteiger partial charge in [-0.1, -0.05) is 18.2 Å². The minimum absolute atomic E-state index is 0.199. The Hall–Kier alpha value is -3.40. The molecule has 0 spiro atoms. The second kappa shape index (κ2) is 11.4. The normalized spacial score (nSPS) is 19.9. The third kappa shape index (κ3) is 5.08. The maximum Gasteiger partial charge on any atom is 0.264 e. The fourth-order valence-electron chi connectivity index (χ4n) is 6.98. The van der Waals surface area contributed by atoms with Gasteiger partial charge in [-0.15, -0.1) is 0 Å². The van der Waals surface area contributed by atoms with Crippen LogP contribution >= 0.6 is 0 Å². The summed E-state index contributed by atoms with van der Waals surface area (Å²) >= 11 is 0. The van der Waals surface area contributed by atoms with E-state index in [1.807, 2.05) is 30.3 Å². The van der Waals surface area contributed by atoms with Crippen LogP contribution < -0.4 is 9.62 Å². The third-order valence-electron chi connectivity index (χ3n) is 9.17. The molecule has 1 amide bonds. The summed E-state index contributed by atoms with van der Waals surface area (Å²) in [4.78, 5) is 19.6. The number of carbonyl (C=O) groups excluding carboxylic acids is 1. The lowest BCUT2D eigenvalue weighted by atomic mass is 9.92. The average molecular weight is 587 g/mol. The Morgan fingerprint density at radius 2 is 1.79 bits per heavy atom. The van der Waals surface area contributed by atoms with E-state index < -0.39 is 10.0 Å². The molecule has 2 N–H and O–H groups in total. The summed E-state index contributed by atoms with van der Waals surface area (Å²) in [5.41, 5.74) is 8.57. The molecule has 220 valence electrons. The number of para-hydroxylation sites is 1. The SMILES string of the molecule is O=C1Nc2ccc(S(=O)(=O)N3CCCc4ccccc43)cc2/C1=C/c1[nH]c2c(c1CCCN1CCOCC1)CCCC2. The highest BCUT2D eigenvalue weighted by molar-refractivity contribution is 7.92. The van der Waals surface area contributed by atoms with E-state index in [0.29, 0.717) is 23.4 Å². The number of nitrogens with zero attached hydrogens (tertiary/aromatic N) is 2. The van der Waals surface area contributed by atoms with E-state index in [-0.39, 0.29) is 10.8 Å². The van der Waals surface area contributed by atoms with Gasteiger partial charge in [-0.3, -0.25) is 14.0 Å². The fourth-order valence-corrected chi connectivity index (χ4v) is 8.55. The lowest BCUT2D eigenvalue weighted by Gasteiger charge is -2.30. The molecule has 8 nitrogen and oxygen atoms in total. The number of amides is 1. The third-order valence-corrected chi connectivity index (χ3v) is 11.0. The maximum atomic E-state index is 13.9. The fraction of sp³-hybridized carbons (Fsp3) is 0.424. The van der Waals surface area contributed by atoms with Crippen LogP contribution in [-0.2, 0) is 45.2 Å². The van der Waals surface area contributed by atoms with Crippen LogP contribution in [0.4, 0.5) is 11.4 Å². The minimum atomic E-state index is -3.80. The number of aromatic amines is 1. The van der Waals surface area contributed by atoms with Crippen molar-refractivity contribution >= 4 is 39.0 Å². The molecule has 3 aliphatic heterocycles. The van der Waals surface area contributed by atoms with E-state index in [1.165, 1.54) is 34.0 Å². The van der Waals surface area contributed by atoms with Gasteiger partial charge in [0.25, 0.3) is 15.9 Å². The van der Waals surface area contributed by atoms with Crippen LogP contribution in [0.25, 0.3) is 11.6 Å². The first-order chi connectivity index (χ1) is 20.5. The number of carbonyl (C=O) groups is 1. The molecule has 1 aliphatic carbocycles. The lowest BCUT2D eigenvalue weighted by molar-refractivity contribution is -0.110. The average Bonchev–Trinajstić information content (AvgIpc) is 3.53. The topological polar surface area (TPSA) is 94.7 Å². The van der Waals surface area contributed by atoms with E-state index in [2.05, 4.69) is 15.2 Å². The molecule has 3 aromatic rings. The smallest absolute Gasteiger partial charge is 0.264 e. The Bertz CT molecular complexity index is 1650. The van der Waals surface area contributed by atoms with Crippen LogP contribution in [0.15, 0.2) is 47.4 Å². The maximum absolute atomic E-state index is 13.9. The number of hydrogen-bond acceptors (Lipinski definition) is 5. The summed E-state index contributed by atoms with van der Waals surface area (Å²) in [5.74, 6) is -0.199. The second-order valence-electron chi connectivity index (χ2n) is 11.8. The van der Waals surface area contributed by atoms with Gasteiger partial charge in [0, 0.05) is 42.3 Å². The zero-order valence-electron chi connectivity index (χ0n) is 24.0. The van der Waals surface area contributed by atoms with Crippen molar-refractivity contribution in [3.8, 4) is 0 Å². The largest absolute Gasteiger partial charge is 0.379 e. The van der Waals surface area contributed by atoms with E-state index in [9.17, 15) is 13.2 Å². The first-order valence-electron chi connectivity index (χ1n) is 15.3. The van der Waals surface area contributed by atoms with Crippen LogP contribution in [0.2, 0.25) is 0 Å². The molecule has 0 atom stereocenters. The number of sulfonamides is 1. The van der Waals surface area contributed by atoms with Crippen molar-refractivity contribution in [1.29, 1.82) is 0 Å². The van der Waals surface area contributed by atoms with E-state index >= 15 is 0 Å². The van der Waals surface area contributed by atoms with Gasteiger partial charge in [0.1, 0.15) is 0 Å². The molecule has 4 heterocycles. The number of aromatic nitrogens is 1. The van der Waals surface area contributed by atoms with E-state index in [0.717, 1.165) is 88.3 Å². The van der Waals surface area contributed by atoms with Crippen molar-refractivity contribution in [2.24, 2.45) is 0 Å². The van der Waals surface area contributed by atoms with Crippen LogP contribution in [-0.4, -0.2) is 63.6 Å². The molecule has 1 saturated heterocycles. The molecule has 0 bridgehead atoms. The molecule has 7 rings (SSSR count). The number of hydrogen-bond donors (Lipinski definition) is 2. The molecule has 2 aromatic carbocycles. The van der Waals surface area contributed by atoms with Crippen LogP contribution in [0.5, 0.6) is 0 Å². The number of anilines is 2. The van der Waals surface area contributed by atoms with Crippen molar-refractivity contribution in [1.82, 2.24) is 9.88 Å². The number of H-pyrrole nitrogens is 1. The Labute approximate surface area is 247 Å². The molecule has 4 aliphatic rings. The van der Waals surface area contributed by atoms with Crippen molar-refractivity contribution in [2.45, 2.75) is 56.3 Å². The molecule has 0 saturated carbocycles. The number of benzene rings is 2. The van der Waals surface area contributed by atoms with Gasteiger partial charge in [-0.05, 0) is 105 Å². The molecule has 42 heavy (non-hydrogen) atoms. The summed E-state index contributed by atoms with van der Waals surface area (Å²) in [7, 11) is -3.80. The summed E-state index contributed by atoms with van der Waals surface area (Å²) in [5, 5.41) is 2.96. The van der Waals surface area contributed by atoms with Crippen LogP contribution in [0, 0.1) is 0 Å². The van der Waals surface area contributed by atoms with Gasteiger partial charge in [-0.25, -0.2) is 8.42 Å². The number of rotatable bonds is 7. The standard InChI is InChI=1S/C33H38N4O4S/c38-33-28(22-31-26(25-9-2-3-11-29(25)34-31)10-6-15-36-17-19-41-20-18-36)27-21-24(13-14-30(27)35-33)42(39,40)37-16-5-8-23-7-1-4-12-32(23)37/h1,4,7,12-14,21-22,34H,2-3,5-6,8-11,15-20H2,(H,35,38)/b28-22-. The summed E-state index contributed by atoms with van der Waals surface area (Å²) < 4.78 is 34.9. The monoisotopic (exact) mass is 586 g/mol. The lowest BCUT2D eigenvalue weighted by Crippen LogP contribution is -2.37. The van der Waals surface area contributed by atoms with Crippen molar-refractivity contribution < 1.29 is 17.9 Å². The Balaban J connectivity index is 1.21.